The van der Waals surface area contributed by atoms with Gasteiger partial charge < -0.3 is 13.9 Å². The van der Waals surface area contributed by atoms with E-state index < -0.39 is 5.97 Å². The van der Waals surface area contributed by atoms with Crippen LogP contribution in [-0.2, 0) is 4.79 Å². The molecular formula is C27H18Br2ClN3O5. The lowest BCUT2D eigenvalue weighted by atomic mass is 10.2. The largest absolute Gasteiger partial charge is 0.490 e. The molecule has 38 heavy (non-hydrogen) atoms. The second kappa shape index (κ2) is 10.7. The zero-order chi connectivity index (χ0) is 27.0. The van der Waals surface area contributed by atoms with Crippen molar-refractivity contribution in [3.05, 3.63) is 84.5 Å². The van der Waals surface area contributed by atoms with Gasteiger partial charge in [0.15, 0.2) is 17.3 Å². The van der Waals surface area contributed by atoms with Crippen LogP contribution in [0.4, 0.5) is 0 Å². The minimum absolute atomic E-state index is 0.0868. The molecule has 0 spiro atoms. The predicted molar refractivity (Wildman–Crippen MR) is 154 cm³/mol. The van der Waals surface area contributed by atoms with Crippen molar-refractivity contribution in [3.8, 4) is 23.1 Å². The van der Waals surface area contributed by atoms with E-state index in [9.17, 15) is 9.59 Å². The number of hydrogen-bond donors (Lipinski definition) is 0. The van der Waals surface area contributed by atoms with Crippen LogP contribution in [0.5, 0.6) is 11.5 Å². The zero-order valence-corrected chi connectivity index (χ0v) is 23.9. The number of fused-ring (bicyclic) bond motifs is 2. The molecular weight excluding hydrogens is 642 g/mol. The number of hydrogen-bond acceptors (Lipinski definition) is 7. The molecule has 0 N–H and O–H groups in total. The maximum atomic E-state index is 13.5. The van der Waals surface area contributed by atoms with Crippen molar-refractivity contribution in [2.45, 2.75) is 13.8 Å². The minimum atomic E-state index is -0.544. The fourth-order valence-electron chi connectivity index (χ4n) is 3.83. The SMILES string of the molecule is CCOc1cc(C=Nn2c(-c3cc4cc(Br)ccc4o3)nc3ccccc3c2=O)c(Br)c(Cl)c1OC(C)=O. The average molecular weight is 660 g/mol. The summed E-state index contributed by atoms with van der Waals surface area (Å²) in [7, 11) is 0. The van der Waals surface area contributed by atoms with Gasteiger partial charge in [0.25, 0.3) is 5.56 Å². The van der Waals surface area contributed by atoms with Crippen LogP contribution in [-0.4, -0.2) is 28.5 Å². The molecule has 2 heterocycles. The lowest BCUT2D eigenvalue weighted by Gasteiger charge is -2.14. The molecule has 0 bridgehead atoms. The number of rotatable bonds is 6. The van der Waals surface area contributed by atoms with E-state index in [0.29, 0.717) is 38.9 Å². The number of furan rings is 1. The number of esters is 1. The number of benzene rings is 3. The number of carbonyl (C=O) groups excluding carboxylic acids is 1. The third kappa shape index (κ3) is 4.99. The standard InChI is InChI=1S/C27H18Br2ClN3O5/c1-3-36-21-12-16(23(29)24(30)25(21)37-14(2)34)13-31-33-26(32-19-7-5-4-6-18(19)27(33)35)22-11-15-10-17(28)8-9-20(15)38-22/h4-13H,3H2,1-2H3. The molecule has 5 rings (SSSR count). The molecule has 0 saturated carbocycles. The van der Waals surface area contributed by atoms with Gasteiger partial charge in [-0.1, -0.05) is 39.7 Å². The first-order valence-electron chi connectivity index (χ1n) is 11.4. The van der Waals surface area contributed by atoms with E-state index in [4.69, 9.17) is 30.5 Å². The number of carbonyl (C=O) groups is 1. The van der Waals surface area contributed by atoms with Crippen molar-refractivity contribution in [2.75, 3.05) is 6.61 Å². The highest BCUT2D eigenvalue weighted by atomic mass is 79.9. The Morgan fingerprint density at radius 1 is 1.18 bits per heavy atom. The van der Waals surface area contributed by atoms with Gasteiger partial charge in [-0.25, -0.2) is 4.98 Å². The Bertz CT molecular complexity index is 1810. The lowest BCUT2D eigenvalue weighted by molar-refractivity contribution is -0.132. The van der Waals surface area contributed by atoms with Gasteiger partial charge in [0.05, 0.1) is 23.7 Å². The summed E-state index contributed by atoms with van der Waals surface area (Å²) in [6.45, 7) is 3.37. The van der Waals surface area contributed by atoms with Crippen molar-refractivity contribution in [2.24, 2.45) is 5.10 Å². The summed E-state index contributed by atoms with van der Waals surface area (Å²) in [4.78, 5) is 29.8. The molecule has 0 radical (unpaired) electrons. The van der Waals surface area contributed by atoms with Crippen molar-refractivity contribution in [1.29, 1.82) is 0 Å². The Hall–Kier alpha value is -3.47. The summed E-state index contributed by atoms with van der Waals surface area (Å²) >= 11 is 13.4. The maximum Gasteiger partial charge on any atom is 0.308 e. The molecule has 11 heteroatoms. The van der Waals surface area contributed by atoms with Gasteiger partial charge in [-0.15, -0.1) is 0 Å². The molecule has 0 atom stereocenters. The third-order valence-electron chi connectivity index (χ3n) is 5.47. The van der Waals surface area contributed by atoms with E-state index in [1.807, 2.05) is 18.2 Å². The smallest absolute Gasteiger partial charge is 0.308 e. The number of nitrogens with zero attached hydrogens (tertiary/aromatic N) is 3. The molecule has 3 aromatic carbocycles. The van der Waals surface area contributed by atoms with E-state index in [1.165, 1.54) is 17.8 Å². The molecule has 2 aromatic heterocycles. The highest BCUT2D eigenvalue weighted by Gasteiger charge is 2.20. The first kappa shape index (κ1) is 26.1. The first-order valence-corrected chi connectivity index (χ1v) is 13.3. The summed E-state index contributed by atoms with van der Waals surface area (Å²) in [5.41, 5.74) is 1.24. The molecule has 0 aliphatic rings. The molecule has 192 valence electrons. The second-order valence-electron chi connectivity index (χ2n) is 8.05. The highest BCUT2D eigenvalue weighted by molar-refractivity contribution is 9.10. The predicted octanol–water partition coefficient (Wildman–Crippen LogP) is 7.19. The molecule has 5 aromatic rings. The van der Waals surface area contributed by atoms with E-state index in [0.717, 1.165) is 9.86 Å². The molecule has 0 saturated heterocycles. The van der Waals surface area contributed by atoms with Gasteiger partial charge >= 0.3 is 5.97 Å². The van der Waals surface area contributed by atoms with Crippen molar-refractivity contribution >= 4 is 77.5 Å². The summed E-state index contributed by atoms with van der Waals surface area (Å²) in [6, 6.07) is 16.0. The van der Waals surface area contributed by atoms with Crippen LogP contribution in [0.2, 0.25) is 5.02 Å². The summed E-state index contributed by atoms with van der Waals surface area (Å²) < 4.78 is 19.4. The molecule has 0 aliphatic heterocycles. The van der Waals surface area contributed by atoms with Crippen molar-refractivity contribution in [3.63, 3.8) is 0 Å². The van der Waals surface area contributed by atoms with Crippen LogP contribution in [0.15, 0.2) is 77.9 Å². The molecule has 0 aliphatic carbocycles. The van der Waals surface area contributed by atoms with Crippen LogP contribution in [0.3, 0.4) is 0 Å². The topological polar surface area (TPSA) is 95.9 Å². The molecule has 0 amide bonds. The molecule has 8 nitrogen and oxygen atoms in total. The van der Waals surface area contributed by atoms with Crippen LogP contribution in [0, 0.1) is 0 Å². The Morgan fingerprint density at radius 2 is 1.97 bits per heavy atom. The minimum Gasteiger partial charge on any atom is -0.490 e. The second-order valence-corrected chi connectivity index (χ2v) is 10.1. The Labute approximate surface area is 238 Å². The molecule has 0 fully saturated rings. The Balaban J connectivity index is 1.70. The van der Waals surface area contributed by atoms with Crippen LogP contribution < -0.4 is 15.0 Å². The summed E-state index contributed by atoms with van der Waals surface area (Å²) in [6.07, 6.45) is 1.44. The fourth-order valence-corrected chi connectivity index (χ4v) is 4.85. The molecule has 0 unspecified atom stereocenters. The monoisotopic (exact) mass is 657 g/mol. The first-order chi connectivity index (χ1) is 18.3. The van der Waals surface area contributed by atoms with Gasteiger partial charge in [-0.3, -0.25) is 9.59 Å². The number of ether oxygens (including phenoxy) is 2. The number of halogens is 3. The lowest BCUT2D eigenvalue weighted by Crippen LogP contribution is -2.20. The quantitative estimate of drug-likeness (QED) is 0.109. The van der Waals surface area contributed by atoms with Crippen LogP contribution in [0.25, 0.3) is 33.5 Å². The van der Waals surface area contributed by atoms with Crippen molar-refractivity contribution < 1.29 is 18.7 Å². The van der Waals surface area contributed by atoms with E-state index in [1.54, 1.807) is 43.3 Å². The normalized spacial score (nSPS) is 11.5. The van der Waals surface area contributed by atoms with Gasteiger partial charge in [0.1, 0.15) is 10.6 Å². The third-order valence-corrected chi connectivity index (χ3v) is 7.40. The fraction of sp³-hybridized carbons (Fsp3) is 0.111. The van der Waals surface area contributed by atoms with Crippen LogP contribution >= 0.6 is 43.5 Å². The van der Waals surface area contributed by atoms with E-state index >= 15 is 0 Å². The van der Waals surface area contributed by atoms with Gasteiger partial charge in [-0.2, -0.15) is 9.78 Å². The Morgan fingerprint density at radius 3 is 2.74 bits per heavy atom. The van der Waals surface area contributed by atoms with Gasteiger partial charge in [0, 0.05) is 26.8 Å². The maximum absolute atomic E-state index is 13.5. The average Bonchev–Trinajstić information content (AvgIpc) is 3.31. The van der Waals surface area contributed by atoms with Gasteiger partial charge in [0.2, 0.25) is 5.82 Å². The zero-order valence-electron chi connectivity index (χ0n) is 20.0. The summed E-state index contributed by atoms with van der Waals surface area (Å²) in [5.74, 6) is 0.391. The van der Waals surface area contributed by atoms with E-state index in [2.05, 4.69) is 37.0 Å². The number of aromatic nitrogens is 2. The van der Waals surface area contributed by atoms with Gasteiger partial charge in [-0.05, 0) is 65.3 Å². The number of para-hydroxylation sites is 1. The van der Waals surface area contributed by atoms with E-state index in [-0.39, 0.29) is 27.9 Å². The van der Waals surface area contributed by atoms with Crippen molar-refractivity contribution in [1.82, 2.24) is 9.66 Å². The Kier molecular flexibility index (Phi) is 7.38. The highest BCUT2D eigenvalue weighted by Crippen LogP contribution is 2.42. The summed E-state index contributed by atoms with van der Waals surface area (Å²) in [5, 5.41) is 5.83. The van der Waals surface area contributed by atoms with Crippen LogP contribution in [0.1, 0.15) is 19.4 Å².